The minimum atomic E-state index is -0.183. The quantitative estimate of drug-likeness (QED) is 0.337. The van der Waals surface area contributed by atoms with E-state index in [4.69, 9.17) is 16.3 Å². The molecule has 4 aromatic rings. The average Bonchev–Trinajstić information content (AvgIpc) is 3.46. The van der Waals surface area contributed by atoms with Crippen molar-refractivity contribution in [3.05, 3.63) is 75.9 Å². The zero-order valence-corrected chi connectivity index (χ0v) is 21.7. The number of halogens is 1. The van der Waals surface area contributed by atoms with E-state index in [1.807, 2.05) is 49.5 Å². The number of rotatable bonds is 8. The summed E-state index contributed by atoms with van der Waals surface area (Å²) >= 11 is 7.45. The van der Waals surface area contributed by atoms with Crippen LogP contribution in [0.4, 0.5) is 5.13 Å². The maximum absolute atomic E-state index is 13.6. The highest BCUT2D eigenvalue weighted by Crippen LogP contribution is 2.31. The molecular weight excluding hydrogens is 484 g/mol. The Bertz CT molecular complexity index is 1350. The Morgan fingerprint density at radius 1 is 1.11 bits per heavy atom. The van der Waals surface area contributed by atoms with Gasteiger partial charge in [0.2, 0.25) is 5.91 Å². The van der Waals surface area contributed by atoms with E-state index in [1.165, 1.54) is 11.3 Å². The number of hydrogen-bond acceptors (Lipinski definition) is 6. The van der Waals surface area contributed by atoms with Crippen LogP contribution < -0.4 is 9.64 Å². The first-order chi connectivity index (χ1) is 16.8. The second kappa shape index (κ2) is 10.6. The minimum Gasteiger partial charge on any atom is -0.497 e. The van der Waals surface area contributed by atoms with Gasteiger partial charge in [-0.3, -0.25) is 19.1 Å². The maximum atomic E-state index is 13.6. The molecule has 182 valence electrons. The molecule has 35 heavy (non-hydrogen) atoms. The van der Waals surface area contributed by atoms with Crippen molar-refractivity contribution in [1.29, 1.82) is 0 Å². The van der Waals surface area contributed by atoms with Gasteiger partial charge >= 0.3 is 0 Å². The number of likely N-dealkylation sites (N-methyl/N-ethyl adjacent to an activating group) is 1. The van der Waals surface area contributed by atoms with E-state index >= 15 is 0 Å². The fourth-order valence-electron chi connectivity index (χ4n) is 4.02. The molecule has 7 nitrogen and oxygen atoms in total. The van der Waals surface area contributed by atoms with Crippen LogP contribution in [-0.2, 0) is 11.2 Å². The fourth-order valence-corrected chi connectivity index (χ4v) is 4.83. The number of hydrogen-bond donors (Lipinski definition) is 0. The van der Waals surface area contributed by atoms with Crippen LogP contribution >= 0.6 is 22.9 Å². The molecule has 0 radical (unpaired) electrons. The summed E-state index contributed by atoms with van der Waals surface area (Å²) in [7, 11) is 5.54. The molecular formula is C26H27ClN4O3S. The molecule has 0 bridgehead atoms. The second-order valence-corrected chi connectivity index (χ2v) is 9.74. The monoisotopic (exact) mass is 510 g/mol. The lowest BCUT2D eigenvalue weighted by Gasteiger charge is -2.22. The molecule has 0 unspecified atom stereocenters. The second-order valence-electron chi connectivity index (χ2n) is 8.43. The predicted molar refractivity (Wildman–Crippen MR) is 141 cm³/mol. The van der Waals surface area contributed by atoms with Gasteiger partial charge in [0.1, 0.15) is 5.75 Å². The number of carbonyl (C=O) groups is 2. The molecule has 2 aromatic heterocycles. The zero-order chi connectivity index (χ0) is 25.1. The number of anilines is 1. The summed E-state index contributed by atoms with van der Waals surface area (Å²) < 4.78 is 7.10. The van der Waals surface area contributed by atoms with Gasteiger partial charge in [0, 0.05) is 46.3 Å². The number of ether oxygens (including phenoxy) is 1. The van der Waals surface area contributed by atoms with Crippen molar-refractivity contribution in [2.24, 2.45) is 0 Å². The minimum absolute atomic E-state index is 0.0780. The molecule has 0 aliphatic rings. The van der Waals surface area contributed by atoms with Crippen LogP contribution in [0.1, 0.15) is 21.6 Å². The summed E-state index contributed by atoms with van der Waals surface area (Å²) in [6.07, 6.45) is 1.83. The van der Waals surface area contributed by atoms with Gasteiger partial charge in [-0.15, -0.1) is 11.3 Å². The molecule has 0 saturated carbocycles. The van der Waals surface area contributed by atoms with Crippen molar-refractivity contribution < 1.29 is 14.3 Å². The van der Waals surface area contributed by atoms with Gasteiger partial charge in [-0.05, 0) is 69.0 Å². The van der Waals surface area contributed by atoms with Crippen molar-refractivity contribution in [2.45, 2.75) is 13.3 Å². The third-order valence-corrected chi connectivity index (χ3v) is 6.93. The van der Waals surface area contributed by atoms with Crippen molar-refractivity contribution >= 4 is 50.8 Å². The highest BCUT2D eigenvalue weighted by Gasteiger charge is 2.25. The Morgan fingerprint density at radius 3 is 2.49 bits per heavy atom. The van der Waals surface area contributed by atoms with Crippen LogP contribution in [0.5, 0.6) is 5.75 Å². The van der Waals surface area contributed by atoms with Gasteiger partial charge in [0.05, 0.1) is 19.0 Å². The lowest BCUT2D eigenvalue weighted by molar-refractivity contribution is -0.118. The molecule has 0 aliphatic heterocycles. The van der Waals surface area contributed by atoms with Crippen LogP contribution in [0.25, 0.3) is 10.9 Å². The first kappa shape index (κ1) is 24.9. The number of nitrogens with zero attached hydrogens (tertiary/aromatic N) is 4. The van der Waals surface area contributed by atoms with E-state index in [0.717, 1.165) is 16.5 Å². The molecule has 9 heteroatoms. The van der Waals surface area contributed by atoms with Gasteiger partial charge in [-0.1, -0.05) is 11.6 Å². The first-order valence-corrected chi connectivity index (χ1v) is 12.4. The SMILES string of the molecule is COc1ccc2c(c1)c(CC(=O)N(CCN(C)C)c1nccs1)c(C)n2C(=O)c1ccc(Cl)cc1. The van der Waals surface area contributed by atoms with Crippen LogP contribution in [0.2, 0.25) is 5.02 Å². The number of amides is 1. The highest BCUT2D eigenvalue weighted by molar-refractivity contribution is 7.13. The molecule has 2 aromatic carbocycles. The molecule has 0 aliphatic carbocycles. The lowest BCUT2D eigenvalue weighted by atomic mass is 10.1. The Labute approximate surface area is 213 Å². The van der Waals surface area contributed by atoms with E-state index in [9.17, 15) is 9.59 Å². The summed E-state index contributed by atoms with van der Waals surface area (Å²) in [5.74, 6) is 0.398. The van der Waals surface area contributed by atoms with E-state index in [1.54, 1.807) is 47.0 Å². The molecule has 1 amide bonds. The van der Waals surface area contributed by atoms with Crippen LogP contribution in [-0.4, -0.2) is 60.6 Å². The number of benzene rings is 2. The van der Waals surface area contributed by atoms with Crippen LogP contribution in [0.3, 0.4) is 0 Å². The summed E-state index contributed by atoms with van der Waals surface area (Å²) in [6, 6.07) is 12.3. The van der Waals surface area contributed by atoms with E-state index < -0.39 is 0 Å². The van der Waals surface area contributed by atoms with Crippen molar-refractivity contribution in [3.63, 3.8) is 0 Å². The molecule has 0 atom stereocenters. The smallest absolute Gasteiger partial charge is 0.262 e. The Hall–Kier alpha value is -3.20. The number of carbonyl (C=O) groups excluding carboxylic acids is 2. The Balaban J connectivity index is 1.77. The van der Waals surface area contributed by atoms with Gasteiger partial charge in [0.15, 0.2) is 5.13 Å². The van der Waals surface area contributed by atoms with E-state index in [2.05, 4.69) is 4.98 Å². The molecule has 2 heterocycles. The number of aromatic nitrogens is 2. The molecule has 0 fully saturated rings. The topological polar surface area (TPSA) is 67.7 Å². The third-order valence-electron chi connectivity index (χ3n) is 5.89. The Kier molecular flexibility index (Phi) is 7.54. The highest BCUT2D eigenvalue weighted by atomic mass is 35.5. The van der Waals surface area contributed by atoms with Crippen LogP contribution in [0.15, 0.2) is 54.0 Å². The number of methoxy groups -OCH3 is 1. The summed E-state index contributed by atoms with van der Waals surface area (Å²) in [5.41, 5.74) is 2.74. The van der Waals surface area contributed by atoms with E-state index in [0.29, 0.717) is 40.3 Å². The molecule has 0 saturated heterocycles. The third kappa shape index (κ3) is 5.24. The van der Waals surface area contributed by atoms with Crippen molar-refractivity contribution in [1.82, 2.24) is 14.5 Å². The summed E-state index contributed by atoms with van der Waals surface area (Å²) in [6.45, 7) is 3.09. The maximum Gasteiger partial charge on any atom is 0.262 e. The molecule has 0 spiro atoms. The van der Waals surface area contributed by atoms with Crippen LogP contribution in [0, 0.1) is 6.92 Å². The fraction of sp³-hybridized carbons (Fsp3) is 0.269. The average molecular weight is 511 g/mol. The first-order valence-electron chi connectivity index (χ1n) is 11.1. The Morgan fingerprint density at radius 2 is 1.86 bits per heavy atom. The van der Waals surface area contributed by atoms with Gasteiger partial charge in [0.25, 0.3) is 5.91 Å². The van der Waals surface area contributed by atoms with Gasteiger partial charge < -0.3 is 9.64 Å². The normalized spacial score (nSPS) is 11.3. The molecule has 0 N–H and O–H groups in total. The number of fused-ring (bicyclic) bond motifs is 1. The van der Waals surface area contributed by atoms with Crippen molar-refractivity contribution in [2.75, 3.05) is 39.2 Å². The largest absolute Gasteiger partial charge is 0.497 e. The standard InChI is InChI=1S/C26H27ClN4O3S/c1-17-21(16-24(32)30(13-12-29(2)3)26-28-11-14-35-26)22-15-20(34-4)9-10-23(22)31(17)25(33)18-5-7-19(27)8-6-18/h5-11,14-15H,12-13,16H2,1-4H3. The lowest BCUT2D eigenvalue weighted by Crippen LogP contribution is -2.37. The molecule has 4 rings (SSSR count). The number of thiazole rings is 1. The summed E-state index contributed by atoms with van der Waals surface area (Å²) in [4.78, 5) is 35.2. The van der Waals surface area contributed by atoms with Crippen molar-refractivity contribution in [3.8, 4) is 5.75 Å². The zero-order valence-electron chi connectivity index (χ0n) is 20.1. The van der Waals surface area contributed by atoms with E-state index in [-0.39, 0.29) is 18.2 Å². The predicted octanol–water partition coefficient (Wildman–Crippen LogP) is 4.89. The van der Waals surface area contributed by atoms with Gasteiger partial charge in [-0.2, -0.15) is 0 Å². The van der Waals surface area contributed by atoms with Gasteiger partial charge in [-0.25, -0.2) is 4.98 Å². The summed E-state index contributed by atoms with van der Waals surface area (Å²) in [5, 5.41) is 3.89.